The molecule has 41 heavy (non-hydrogen) atoms. The number of benzene rings is 4. The highest BCUT2D eigenvalue weighted by molar-refractivity contribution is 9.11. The maximum Gasteiger partial charge on any atom is 0.294 e. The van der Waals surface area contributed by atoms with Crippen molar-refractivity contribution in [2.24, 2.45) is 0 Å². The number of hydrogen-bond acceptors (Lipinski definition) is 8. The summed E-state index contributed by atoms with van der Waals surface area (Å²) in [6.07, 6.45) is 0. The monoisotopic (exact) mass is 878 g/mol. The molecule has 4 N–H and O–H groups in total. The van der Waals surface area contributed by atoms with Crippen molar-refractivity contribution in [3.05, 3.63) is 103 Å². The van der Waals surface area contributed by atoms with Gasteiger partial charge in [0.1, 0.15) is 11.5 Å². The minimum absolute atomic E-state index is 0.00328. The molecule has 4 rings (SSSR count). The quantitative estimate of drug-likeness (QED) is 0.158. The SMILES string of the molecule is O=S(=O)(O)c1ccccc1.O=S(=O)(O)c1ccccc1.O=S(=O)(c1cc(Br)c(O)c(Br)c1)c1cc(Br)c(O)c(Br)c1. The van der Waals surface area contributed by atoms with E-state index in [2.05, 4.69) is 63.7 Å². The lowest BCUT2D eigenvalue weighted by Gasteiger charge is -2.10. The Balaban J connectivity index is 0.000000244. The zero-order valence-electron chi connectivity index (χ0n) is 20.1. The molecule has 0 saturated heterocycles. The van der Waals surface area contributed by atoms with E-state index in [9.17, 15) is 35.5 Å². The van der Waals surface area contributed by atoms with Crippen LogP contribution in [0.15, 0.2) is 122 Å². The van der Waals surface area contributed by atoms with Gasteiger partial charge in [-0.15, -0.1) is 0 Å². The Kier molecular flexibility index (Phi) is 12.6. The topological polar surface area (TPSA) is 183 Å². The highest BCUT2D eigenvalue weighted by Crippen LogP contribution is 2.39. The third kappa shape index (κ3) is 10.1. The van der Waals surface area contributed by atoms with Crippen LogP contribution < -0.4 is 0 Å². The molecule has 0 atom stereocenters. The van der Waals surface area contributed by atoms with Gasteiger partial charge in [0, 0.05) is 0 Å². The van der Waals surface area contributed by atoms with Crippen molar-refractivity contribution in [2.75, 3.05) is 0 Å². The maximum absolute atomic E-state index is 12.6. The van der Waals surface area contributed by atoms with Crippen LogP contribution in [0, 0.1) is 0 Å². The lowest BCUT2D eigenvalue weighted by molar-refractivity contribution is 0.467. The molecule has 0 unspecified atom stereocenters. The van der Waals surface area contributed by atoms with E-state index in [0.717, 1.165) is 0 Å². The Morgan fingerprint density at radius 3 is 0.878 bits per heavy atom. The van der Waals surface area contributed by atoms with Crippen LogP contribution in [0.4, 0.5) is 0 Å². The van der Waals surface area contributed by atoms with Crippen molar-refractivity contribution in [3.8, 4) is 11.5 Å². The van der Waals surface area contributed by atoms with Crippen LogP contribution in [0.3, 0.4) is 0 Å². The summed E-state index contributed by atoms with van der Waals surface area (Å²) >= 11 is 12.4. The van der Waals surface area contributed by atoms with Gasteiger partial charge in [0.15, 0.2) is 0 Å². The van der Waals surface area contributed by atoms with E-state index in [0.29, 0.717) is 0 Å². The van der Waals surface area contributed by atoms with Gasteiger partial charge in [0.25, 0.3) is 20.2 Å². The van der Waals surface area contributed by atoms with E-state index in [-0.39, 0.29) is 49.0 Å². The molecule has 4 aromatic carbocycles. The number of rotatable bonds is 4. The minimum atomic E-state index is -4.00. The van der Waals surface area contributed by atoms with Crippen molar-refractivity contribution >= 4 is 93.8 Å². The van der Waals surface area contributed by atoms with E-state index >= 15 is 0 Å². The molecule has 0 aliphatic rings. The van der Waals surface area contributed by atoms with Gasteiger partial charge >= 0.3 is 0 Å². The Morgan fingerprint density at radius 1 is 0.439 bits per heavy atom. The number of sulfone groups is 1. The summed E-state index contributed by atoms with van der Waals surface area (Å²) in [4.78, 5) is -0.142. The second kappa shape index (κ2) is 14.6. The Labute approximate surface area is 270 Å². The van der Waals surface area contributed by atoms with Crippen LogP contribution in [0.1, 0.15) is 0 Å². The van der Waals surface area contributed by atoms with E-state index in [4.69, 9.17) is 9.11 Å². The smallest absolute Gasteiger partial charge is 0.294 e. The molecule has 0 saturated carbocycles. The minimum Gasteiger partial charge on any atom is -0.506 e. The first-order valence-electron chi connectivity index (χ1n) is 10.5. The Bertz CT molecular complexity index is 1670. The summed E-state index contributed by atoms with van der Waals surface area (Å²) in [5.74, 6) is -0.163. The van der Waals surface area contributed by atoms with Crippen molar-refractivity contribution < 1.29 is 44.6 Å². The van der Waals surface area contributed by atoms with Crippen LogP contribution in [0.2, 0.25) is 0 Å². The molecule has 0 aliphatic carbocycles. The second-order valence-electron chi connectivity index (χ2n) is 7.55. The average molecular weight is 882 g/mol. The van der Waals surface area contributed by atoms with Gasteiger partial charge < -0.3 is 10.2 Å². The molecule has 0 aromatic heterocycles. The van der Waals surface area contributed by atoms with Crippen LogP contribution in [-0.4, -0.2) is 44.6 Å². The normalized spacial score (nSPS) is 11.5. The summed E-state index contributed by atoms with van der Waals surface area (Å²) in [7, 11) is -11.8. The third-order valence-electron chi connectivity index (χ3n) is 4.68. The zero-order valence-corrected chi connectivity index (χ0v) is 28.9. The van der Waals surface area contributed by atoms with Crippen molar-refractivity contribution in [3.63, 3.8) is 0 Å². The molecule has 0 radical (unpaired) electrons. The van der Waals surface area contributed by atoms with Gasteiger partial charge in [-0.05, 0) is 112 Å². The van der Waals surface area contributed by atoms with E-state index < -0.39 is 30.1 Å². The van der Waals surface area contributed by atoms with Gasteiger partial charge in [-0.1, -0.05) is 36.4 Å². The largest absolute Gasteiger partial charge is 0.506 e. The van der Waals surface area contributed by atoms with Gasteiger partial charge in [-0.25, -0.2) is 8.42 Å². The Hall–Kier alpha value is -1.83. The standard InChI is InChI=1S/C12H6Br4O4S.2C6H6O3S/c13-7-1-5(2-8(14)11(7)17)21(19,20)6-3-9(15)12(18)10(16)4-6;2*7-10(8,9)6-4-2-1-3-5-6/h1-4,17-18H;2*1-5H,(H,7,8,9). The van der Waals surface area contributed by atoms with E-state index in [1.54, 1.807) is 36.4 Å². The first-order valence-corrected chi connectivity index (χ1v) is 18.1. The van der Waals surface area contributed by atoms with Crippen LogP contribution in [-0.2, 0) is 30.1 Å². The molecule has 0 amide bonds. The molecule has 10 nitrogen and oxygen atoms in total. The maximum atomic E-state index is 12.6. The summed E-state index contributed by atoms with van der Waals surface area (Å²) in [5.41, 5.74) is 0. The van der Waals surface area contributed by atoms with Crippen LogP contribution in [0.5, 0.6) is 11.5 Å². The first kappa shape index (κ1) is 35.4. The number of aromatic hydroxyl groups is 2. The highest BCUT2D eigenvalue weighted by atomic mass is 79.9. The average Bonchev–Trinajstić information content (AvgIpc) is 2.90. The molecule has 220 valence electrons. The number of phenols is 2. The van der Waals surface area contributed by atoms with Crippen LogP contribution >= 0.6 is 63.7 Å². The molecular weight excluding hydrogens is 864 g/mol. The number of phenolic OH excluding ortho intramolecular Hbond substituents is 2. The number of halogens is 4. The molecule has 0 aliphatic heterocycles. The number of hydrogen-bond donors (Lipinski definition) is 4. The summed E-state index contributed by atoms with van der Waals surface area (Å²) in [6.45, 7) is 0. The highest BCUT2D eigenvalue weighted by Gasteiger charge is 2.22. The molecule has 0 bridgehead atoms. The van der Waals surface area contributed by atoms with E-state index in [1.165, 1.54) is 48.5 Å². The third-order valence-corrected chi connectivity index (χ3v) is 10.5. The van der Waals surface area contributed by atoms with Gasteiger partial charge in [-0.3, -0.25) is 9.11 Å². The molecule has 0 fully saturated rings. The van der Waals surface area contributed by atoms with Gasteiger partial charge in [-0.2, -0.15) is 16.8 Å². The zero-order chi connectivity index (χ0) is 31.2. The lowest BCUT2D eigenvalue weighted by atomic mass is 10.3. The van der Waals surface area contributed by atoms with Crippen molar-refractivity contribution in [2.45, 2.75) is 19.6 Å². The fraction of sp³-hybridized carbons (Fsp3) is 0. The second-order valence-corrected chi connectivity index (χ2v) is 15.8. The molecule has 0 heterocycles. The predicted molar refractivity (Wildman–Crippen MR) is 165 cm³/mol. The van der Waals surface area contributed by atoms with Crippen molar-refractivity contribution in [1.82, 2.24) is 0 Å². The fourth-order valence-corrected chi connectivity index (χ4v) is 8.06. The molecular formula is C24H18Br4O10S3. The van der Waals surface area contributed by atoms with Gasteiger partial charge in [0.2, 0.25) is 9.84 Å². The van der Waals surface area contributed by atoms with Gasteiger partial charge in [0.05, 0.1) is 37.5 Å². The fourth-order valence-electron chi connectivity index (χ4n) is 2.72. The molecule has 4 aromatic rings. The Morgan fingerprint density at radius 2 is 0.683 bits per heavy atom. The lowest BCUT2D eigenvalue weighted by Crippen LogP contribution is -2.02. The summed E-state index contributed by atoms with van der Waals surface area (Å²) < 4.78 is 84.7. The van der Waals surface area contributed by atoms with Crippen LogP contribution in [0.25, 0.3) is 0 Å². The van der Waals surface area contributed by atoms with E-state index in [1.807, 2.05) is 0 Å². The predicted octanol–water partition coefficient (Wildman–Crippen LogP) is 6.85. The summed E-state index contributed by atoms with van der Waals surface area (Å²) in [5, 5.41) is 19.3. The first-order chi connectivity index (χ1) is 18.9. The molecule has 0 spiro atoms. The summed E-state index contributed by atoms with van der Waals surface area (Å²) in [6, 6.07) is 20.1. The van der Waals surface area contributed by atoms with Crippen molar-refractivity contribution in [1.29, 1.82) is 0 Å². The molecule has 17 heteroatoms.